The number of rotatable bonds is 38. The number of hydrogen-bond acceptors (Lipinski definition) is 8. The summed E-state index contributed by atoms with van der Waals surface area (Å²) in [6.45, 7) is 4.26. The molecule has 0 spiro atoms. The summed E-state index contributed by atoms with van der Waals surface area (Å²) in [6.07, 6.45) is 26.5. The predicted octanol–water partition coefficient (Wildman–Crippen LogP) is 11.2. The Balaban J connectivity index is 1.65. The quantitative estimate of drug-likeness (QED) is 0.0417. The van der Waals surface area contributed by atoms with E-state index >= 15 is 0 Å². The Hall–Kier alpha value is -3.51. The number of hydrogen-bond donors (Lipinski definition) is 5. The first-order valence-corrected chi connectivity index (χ1v) is 26.5. The van der Waals surface area contributed by atoms with Crippen LogP contribution in [0.5, 0.6) is 0 Å². The number of nitrogens with zero attached hydrogens (tertiary/aromatic N) is 1. The molecule has 2 aromatic carbocycles. The molecule has 0 unspecified atom stereocenters. The second-order valence-electron chi connectivity index (χ2n) is 18.9. The molecule has 1 aliphatic heterocycles. The number of alkyl carbamates (subject to hydrolysis) is 1. The number of amides is 3. The highest BCUT2D eigenvalue weighted by Gasteiger charge is 2.48. The highest BCUT2D eigenvalue weighted by molar-refractivity contribution is 5.86. The van der Waals surface area contributed by atoms with Gasteiger partial charge in [-0.15, -0.1) is 0 Å². The summed E-state index contributed by atoms with van der Waals surface area (Å²) in [6, 6.07) is 16.1. The Labute approximate surface area is 399 Å². The molecule has 374 valence electrons. The van der Waals surface area contributed by atoms with E-state index < -0.39 is 55.2 Å². The molecular weight excluding hydrogens is 831 g/mol. The minimum atomic E-state index is -1.57. The first-order valence-electron chi connectivity index (χ1n) is 26.5. The highest BCUT2D eigenvalue weighted by Crippen LogP contribution is 2.26. The summed E-state index contributed by atoms with van der Waals surface area (Å²) < 4.78 is 11.8. The van der Waals surface area contributed by atoms with Crippen molar-refractivity contribution in [3.63, 3.8) is 0 Å². The van der Waals surface area contributed by atoms with E-state index in [0.717, 1.165) is 49.7 Å². The Kier molecular flexibility index (Phi) is 31.4. The Morgan fingerprint density at radius 3 is 1.52 bits per heavy atom. The zero-order valence-electron chi connectivity index (χ0n) is 41.2. The van der Waals surface area contributed by atoms with Crippen molar-refractivity contribution < 1.29 is 39.2 Å². The summed E-state index contributed by atoms with van der Waals surface area (Å²) in [7, 11) is 0. The van der Waals surface area contributed by atoms with Crippen molar-refractivity contribution in [2.45, 2.75) is 243 Å². The van der Waals surface area contributed by atoms with E-state index in [0.29, 0.717) is 19.4 Å². The summed E-state index contributed by atoms with van der Waals surface area (Å²) in [5.74, 6) is -0.789. The fraction of sp³-hybridized carbons (Fsp3) is 0.727. The zero-order valence-corrected chi connectivity index (χ0v) is 41.2. The van der Waals surface area contributed by atoms with Crippen LogP contribution in [-0.4, -0.2) is 87.9 Å². The number of benzene rings is 2. The van der Waals surface area contributed by atoms with Crippen LogP contribution in [0, 0.1) is 0 Å². The van der Waals surface area contributed by atoms with Gasteiger partial charge in [-0.2, -0.15) is 0 Å². The van der Waals surface area contributed by atoms with E-state index in [1.165, 1.54) is 122 Å². The fourth-order valence-electron chi connectivity index (χ4n) is 9.06. The van der Waals surface area contributed by atoms with Gasteiger partial charge in [-0.3, -0.25) is 9.59 Å². The maximum atomic E-state index is 14.3. The van der Waals surface area contributed by atoms with Crippen LogP contribution < -0.4 is 10.6 Å². The summed E-state index contributed by atoms with van der Waals surface area (Å²) in [5.41, 5.74) is 1.57. The molecular formula is C55H91N3O8. The fourth-order valence-corrected chi connectivity index (χ4v) is 9.06. The van der Waals surface area contributed by atoms with Gasteiger partial charge in [0.1, 0.15) is 37.0 Å². The molecule has 3 rings (SSSR count). The maximum Gasteiger partial charge on any atom is 0.408 e. The standard InChI is InChI=1S/C55H91N3O8/c1-3-5-7-9-11-13-15-16-17-18-19-21-23-25-27-35-41-58(49(60)40-34-26-24-22-20-14-12-10-8-6-4-2)54-50(52(62)51(61)48(43-59)66-54)57-53(63)47(42-45-36-30-28-31-37-45)56-55(64)65-44-46-38-32-29-33-39-46/h28-33,36-39,47-48,50-52,54,59,61-62H,3-27,34-35,40-44H2,1-2H3,(H,56,64)(H,57,63)/t47-,48+,50+,51+,52+,54+/m0/s1. The molecule has 2 aromatic rings. The van der Waals surface area contributed by atoms with Gasteiger partial charge >= 0.3 is 6.09 Å². The van der Waals surface area contributed by atoms with Crippen LogP contribution in [-0.2, 0) is 32.1 Å². The molecule has 1 aliphatic rings. The largest absolute Gasteiger partial charge is 0.445 e. The van der Waals surface area contributed by atoms with Crippen LogP contribution in [0.15, 0.2) is 60.7 Å². The minimum Gasteiger partial charge on any atom is -0.445 e. The van der Waals surface area contributed by atoms with Gasteiger partial charge in [-0.1, -0.05) is 235 Å². The lowest BCUT2D eigenvalue weighted by atomic mass is 9.94. The average Bonchev–Trinajstić information content (AvgIpc) is 3.33. The van der Waals surface area contributed by atoms with E-state index in [1.54, 1.807) is 4.90 Å². The maximum absolute atomic E-state index is 14.3. The topological polar surface area (TPSA) is 158 Å². The first-order chi connectivity index (χ1) is 32.3. The Bertz CT molecular complexity index is 1520. The van der Waals surface area contributed by atoms with Crippen molar-refractivity contribution in [1.82, 2.24) is 15.5 Å². The third-order valence-electron chi connectivity index (χ3n) is 13.2. The second-order valence-corrected chi connectivity index (χ2v) is 18.9. The molecule has 0 aliphatic carbocycles. The van der Waals surface area contributed by atoms with Crippen molar-refractivity contribution in [3.8, 4) is 0 Å². The molecule has 6 atom stereocenters. The van der Waals surface area contributed by atoms with Crippen LogP contribution in [0.3, 0.4) is 0 Å². The molecule has 11 heteroatoms. The molecule has 3 amide bonds. The monoisotopic (exact) mass is 922 g/mol. The van der Waals surface area contributed by atoms with Gasteiger partial charge in [-0.25, -0.2) is 4.79 Å². The third-order valence-corrected chi connectivity index (χ3v) is 13.2. The third kappa shape index (κ3) is 24.0. The molecule has 5 N–H and O–H groups in total. The predicted molar refractivity (Wildman–Crippen MR) is 266 cm³/mol. The number of carbonyl (C=O) groups excluding carboxylic acids is 3. The number of unbranched alkanes of at least 4 members (excludes halogenated alkanes) is 25. The Morgan fingerprint density at radius 1 is 0.606 bits per heavy atom. The van der Waals surface area contributed by atoms with Crippen LogP contribution >= 0.6 is 0 Å². The average molecular weight is 922 g/mol. The Morgan fingerprint density at radius 2 is 1.05 bits per heavy atom. The molecule has 1 heterocycles. The van der Waals surface area contributed by atoms with Crippen LogP contribution in [0.4, 0.5) is 4.79 Å². The molecule has 0 saturated carbocycles. The summed E-state index contributed by atoms with van der Waals surface area (Å²) in [4.78, 5) is 43.3. The second kappa shape index (κ2) is 36.5. The van der Waals surface area contributed by atoms with E-state index in [4.69, 9.17) is 9.47 Å². The van der Waals surface area contributed by atoms with Crippen LogP contribution in [0.1, 0.15) is 205 Å². The smallest absolute Gasteiger partial charge is 0.408 e. The highest BCUT2D eigenvalue weighted by atomic mass is 16.6. The van der Waals surface area contributed by atoms with Crippen molar-refractivity contribution in [1.29, 1.82) is 0 Å². The van der Waals surface area contributed by atoms with E-state index in [1.807, 2.05) is 60.7 Å². The van der Waals surface area contributed by atoms with Gasteiger partial charge in [0.2, 0.25) is 11.8 Å². The lowest BCUT2D eigenvalue weighted by Crippen LogP contribution is -2.70. The normalized spacial score (nSPS) is 18.7. The van der Waals surface area contributed by atoms with Gasteiger partial charge in [0.15, 0.2) is 6.23 Å². The first kappa shape index (κ1) is 56.8. The number of aliphatic hydroxyl groups excluding tert-OH is 3. The lowest BCUT2D eigenvalue weighted by Gasteiger charge is -2.47. The van der Waals surface area contributed by atoms with Gasteiger partial charge in [-0.05, 0) is 24.0 Å². The zero-order chi connectivity index (χ0) is 47.5. The molecule has 0 aromatic heterocycles. The molecule has 0 bridgehead atoms. The lowest BCUT2D eigenvalue weighted by molar-refractivity contribution is -0.231. The summed E-state index contributed by atoms with van der Waals surface area (Å²) in [5, 5.41) is 38.6. The van der Waals surface area contributed by atoms with Gasteiger partial charge in [0, 0.05) is 19.4 Å². The number of aliphatic hydroxyl groups is 3. The van der Waals surface area contributed by atoms with Crippen molar-refractivity contribution in [3.05, 3.63) is 71.8 Å². The minimum absolute atomic E-state index is 0.00783. The molecule has 0 radical (unpaired) electrons. The SMILES string of the molecule is CCCCCCCCCCCCCCCCCCN(C(=O)CCCCCCCCCCCCC)[C@@H]1O[C@H](CO)[C@@H](O)[C@H](O)[C@H]1NC(=O)[C@H](Cc1ccccc1)NC(=O)OCc1ccccc1. The van der Waals surface area contributed by atoms with Gasteiger partial charge in [0.25, 0.3) is 0 Å². The van der Waals surface area contributed by atoms with Crippen LogP contribution in [0.25, 0.3) is 0 Å². The van der Waals surface area contributed by atoms with Gasteiger partial charge in [0.05, 0.1) is 6.61 Å². The number of carbonyl (C=O) groups is 3. The summed E-state index contributed by atoms with van der Waals surface area (Å²) >= 11 is 0. The van der Waals surface area contributed by atoms with Crippen molar-refractivity contribution in [2.75, 3.05) is 13.2 Å². The molecule has 1 saturated heterocycles. The number of ether oxygens (including phenoxy) is 2. The van der Waals surface area contributed by atoms with Crippen molar-refractivity contribution in [2.24, 2.45) is 0 Å². The van der Waals surface area contributed by atoms with E-state index in [2.05, 4.69) is 24.5 Å². The molecule has 11 nitrogen and oxygen atoms in total. The van der Waals surface area contributed by atoms with Crippen molar-refractivity contribution >= 4 is 17.9 Å². The number of nitrogens with one attached hydrogen (secondary N) is 2. The van der Waals surface area contributed by atoms with E-state index in [9.17, 15) is 29.7 Å². The molecule has 1 fully saturated rings. The van der Waals surface area contributed by atoms with Crippen LogP contribution in [0.2, 0.25) is 0 Å². The van der Waals surface area contributed by atoms with E-state index in [-0.39, 0.29) is 25.4 Å². The molecule has 66 heavy (non-hydrogen) atoms. The van der Waals surface area contributed by atoms with Gasteiger partial charge < -0.3 is 40.3 Å².